The quantitative estimate of drug-likeness (QED) is 0.765. The van der Waals surface area contributed by atoms with Gasteiger partial charge in [-0.15, -0.1) is 0 Å². The lowest BCUT2D eigenvalue weighted by Gasteiger charge is -2.11. The van der Waals surface area contributed by atoms with Crippen molar-refractivity contribution in [2.45, 2.75) is 11.4 Å². The van der Waals surface area contributed by atoms with Gasteiger partial charge in [-0.3, -0.25) is 4.72 Å². The molecule has 3 aromatic rings. The van der Waals surface area contributed by atoms with Crippen LogP contribution in [-0.2, 0) is 16.6 Å². The molecule has 0 atom stereocenters. The molecule has 1 heterocycles. The Kier molecular flexibility index (Phi) is 3.58. The molecule has 0 unspecified atom stereocenters. The molecule has 0 amide bonds. The van der Waals surface area contributed by atoms with E-state index in [1.165, 1.54) is 6.07 Å². The molecule has 108 valence electrons. The van der Waals surface area contributed by atoms with Crippen LogP contribution in [0.25, 0.3) is 11.0 Å². The maximum Gasteiger partial charge on any atom is 0.264 e. The first kappa shape index (κ1) is 13.9. The van der Waals surface area contributed by atoms with Crippen LogP contribution in [0.3, 0.4) is 0 Å². The summed E-state index contributed by atoms with van der Waals surface area (Å²) in [5, 5.41) is 0. The largest absolute Gasteiger partial charge is 0.326 e. The number of fused-ring (bicyclic) bond motifs is 1. The van der Waals surface area contributed by atoms with Crippen LogP contribution in [0.2, 0.25) is 0 Å². The molecule has 8 heteroatoms. The molecular weight excluding hydrogens is 308 g/mol. The van der Waals surface area contributed by atoms with Gasteiger partial charge in [-0.2, -0.15) is 8.75 Å². The van der Waals surface area contributed by atoms with Crippen molar-refractivity contribution in [3.05, 3.63) is 48.0 Å². The Balaban J connectivity index is 2.07. The van der Waals surface area contributed by atoms with E-state index in [1.807, 2.05) is 6.07 Å². The first-order chi connectivity index (χ1) is 10.1. The van der Waals surface area contributed by atoms with Gasteiger partial charge in [0.25, 0.3) is 10.0 Å². The molecule has 1 aromatic heterocycles. The van der Waals surface area contributed by atoms with Crippen molar-refractivity contribution in [1.82, 2.24) is 8.75 Å². The molecule has 21 heavy (non-hydrogen) atoms. The van der Waals surface area contributed by atoms with E-state index in [-0.39, 0.29) is 11.4 Å². The second-order valence-electron chi connectivity index (χ2n) is 4.35. The molecule has 0 aliphatic carbocycles. The predicted molar refractivity (Wildman–Crippen MR) is 82.6 cm³/mol. The lowest BCUT2D eigenvalue weighted by atomic mass is 10.2. The second kappa shape index (κ2) is 5.40. The molecule has 3 N–H and O–H groups in total. The van der Waals surface area contributed by atoms with Crippen LogP contribution in [0.5, 0.6) is 0 Å². The Hall–Kier alpha value is -2.03. The Morgan fingerprint density at radius 2 is 1.90 bits per heavy atom. The molecule has 0 saturated carbocycles. The minimum atomic E-state index is -3.74. The first-order valence-electron chi connectivity index (χ1n) is 6.14. The normalized spacial score (nSPS) is 11.7. The predicted octanol–water partition coefficient (Wildman–Crippen LogP) is 1.95. The Morgan fingerprint density at radius 3 is 2.71 bits per heavy atom. The zero-order valence-corrected chi connectivity index (χ0v) is 12.5. The number of anilines is 1. The number of hydrogen-bond acceptors (Lipinski definition) is 6. The van der Waals surface area contributed by atoms with Crippen LogP contribution in [0.15, 0.2) is 47.4 Å². The van der Waals surface area contributed by atoms with E-state index in [9.17, 15) is 8.42 Å². The summed E-state index contributed by atoms with van der Waals surface area (Å²) in [6.45, 7) is 0.251. The SMILES string of the molecule is NCc1ccccc1NS(=O)(=O)c1cccc2nsnc12. The summed E-state index contributed by atoms with van der Waals surface area (Å²) < 4.78 is 35.8. The van der Waals surface area contributed by atoms with Crippen LogP contribution in [0.4, 0.5) is 5.69 Å². The van der Waals surface area contributed by atoms with E-state index in [0.29, 0.717) is 16.7 Å². The monoisotopic (exact) mass is 320 g/mol. The summed E-state index contributed by atoms with van der Waals surface area (Å²) in [6, 6.07) is 11.9. The molecule has 0 bridgehead atoms. The number of nitrogens with zero attached hydrogens (tertiary/aromatic N) is 2. The number of nitrogens with two attached hydrogens (primary N) is 1. The fraction of sp³-hybridized carbons (Fsp3) is 0.0769. The van der Waals surface area contributed by atoms with Gasteiger partial charge >= 0.3 is 0 Å². The third kappa shape index (κ3) is 2.60. The topological polar surface area (TPSA) is 98.0 Å². The summed E-state index contributed by atoms with van der Waals surface area (Å²) in [5.74, 6) is 0. The average molecular weight is 320 g/mol. The number of rotatable bonds is 4. The number of para-hydroxylation sites is 1. The molecule has 0 spiro atoms. The van der Waals surface area contributed by atoms with Gasteiger partial charge in [-0.05, 0) is 23.8 Å². The van der Waals surface area contributed by atoms with Crippen molar-refractivity contribution in [2.75, 3.05) is 4.72 Å². The van der Waals surface area contributed by atoms with Crippen molar-refractivity contribution in [2.24, 2.45) is 5.73 Å². The minimum Gasteiger partial charge on any atom is -0.326 e. The van der Waals surface area contributed by atoms with E-state index < -0.39 is 10.0 Å². The van der Waals surface area contributed by atoms with Crippen LogP contribution in [-0.4, -0.2) is 17.2 Å². The summed E-state index contributed by atoms with van der Waals surface area (Å²) in [4.78, 5) is 0.112. The molecule has 0 fully saturated rings. The molecule has 0 radical (unpaired) electrons. The number of hydrogen-bond donors (Lipinski definition) is 2. The van der Waals surface area contributed by atoms with Crippen LogP contribution < -0.4 is 10.5 Å². The summed E-state index contributed by atoms with van der Waals surface area (Å²) in [5.41, 5.74) is 7.77. The van der Waals surface area contributed by atoms with Gasteiger partial charge in [0.05, 0.1) is 17.4 Å². The number of nitrogens with one attached hydrogen (secondary N) is 1. The smallest absolute Gasteiger partial charge is 0.264 e. The third-order valence-electron chi connectivity index (χ3n) is 3.02. The molecule has 6 nitrogen and oxygen atoms in total. The standard InChI is InChI=1S/C13H12N4O2S2/c14-8-9-4-1-2-5-10(9)17-21(18,19)12-7-3-6-11-13(12)16-20-15-11/h1-7,17H,8,14H2. The molecule has 0 saturated heterocycles. The van der Waals surface area contributed by atoms with Crippen molar-refractivity contribution in [1.29, 1.82) is 0 Å². The zero-order valence-electron chi connectivity index (χ0n) is 10.9. The lowest BCUT2D eigenvalue weighted by Crippen LogP contribution is -2.15. The third-order valence-corrected chi connectivity index (χ3v) is 4.96. The molecule has 0 aliphatic rings. The second-order valence-corrected chi connectivity index (χ2v) is 6.53. The van der Waals surface area contributed by atoms with Crippen LogP contribution >= 0.6 is 11.7 Å². The van der Waals surface area contributed by atoms with Crippen molar-refractivity contribution in [3.63, 3.8) is 0 Å². The number of sulfonamides is 1. The zero-order chi connectivity index (χ0) is 14.9. The van der Waals surface area contributed by atoms with Gasteiger partial charge in [0.1, 0.15) is 15.9 Å². The summed E-state index contributed by atoms with van der Waals surface area (Å²) >= 11 is 0.985. The lowest BCUT2D eigenvalue weighted by molar-refractivity contribution is 0.602. The fourth-order valence-electron chi connectivity index (χ4n) is 2.00. The van der Waals surface area contributed by atoms with Gasteiger partial charge in [-0.1, -0.05) is 24.3 Å². The van der Waals surface area contributed by atoms with Crippen molar-refractivity contribution < 1.29 is 8.42 Å². The van der Waals surface area contributed by atoms with E-state index in [4.69, 9.17) is 5.73 Å². The highest BCUT2D eigenvalue weighted by Crippen LogP contribution is 2.24. The van der Waals surface area contributed by atoms with Crippen LogP contribution in [0, 0.1) is 0 Å². The Bertz CT molecular complexity index is 890. The highest BCUT2D eigenvalue weighted by atomic mass is 32.2. The highest BCUT2D eigenvalue weighted by molar-refractivity contribution is 7.93. The van der Waals surface area contributed by atoms with Gasteiger partial charge in [0, 0.05) is 6.54 Å². The van der Waals surface area contributed by atoms with Gasteiger partial charge in [0.2, 0.25) is 0 Å². The fourth-order valence-corrected chi connectivity index (χ4v) is 3.86. The Labute approximate surface area is 126 Å². The van der Waals surface area contributed by atoms with Gasteiger partial charge in [-0.25, -0.2) is 8.42 Å². The van der Waals surface area contributed by atoms with Gasteiger partial charge < -0.3 is 5.73 Å². The van der Waals surface area contributed by atoms with E-state index in [0.717, 1.165) is 17.3 Å². The first-order valence-corrected chi connectivity index (χ1v) is 8.35. The van der Waals surface area contributed by atoms with Crippen LogP contribution in [0.1, 0.15) is 5.56 Å². The number of aromatic nitrogens is 2. The van der Waals surface area contributed by atoms with E-state index in [2.05, 4.69) is 13.5 Å². The van der Waals surface area contributed by atoms with Gasteiger partial charge in [0.15, 0.2) is 0 Å². The molecule has 2 aromatic carbocycles. The minimum absolute atomic E-state index is 0.112. The van der Waals surface area contributed by atoms with Crippen molar-refractivity contribution >= 4 is 38.5 Å². The summed E-state index contributed by atoms with van der Waals surface area (Å²) in [7, 11) is -3.74. The molecular formula is C13H12N4O2S2. The molecule has 3 rings (SSSR count). The maximum absolute atomic E-state index is 12.6. The maximum atomic E-state index is 12.6. The van der Waals surface area contributed by atoms with E-state index in [1.54, 1.807) is 30.3 Å². The highest BCUT2D eigenvalue weighted by Gasteiger charge is 2.20. The number of benzene rings is 2. The Morgan fingerprint density at radius 1 is 1.10 bits per heavy atom. The molecule has 0 aliphatic heterocycles. The van der Waals surface area contributed by atoms with E-state index >= 15 is 0 Å². The summed E-state index contributed by atoms with van der Waals surface area (Å²) in [6.07, 6.45) is 0. The average Bonchev–Trinajstić information content (AvgIpc) is 2.95. The van der Waals surface area contributed by atoms with Crippen molar-refractivity contribution in [3.8, 4) is 0 Å².